The van der Waals surface area contributed by atoms with E-state index in [0.29, 0.717) is 5.89 Å². The van der Waals surface area contributed by atoms with Crippen LogP contribution in [-0.2, 0) is 0 Å². The van der Waals surface area contributed by atoms with E-state index in [0.717, 1.165) is 41.5 Å². The first-order valence-corrected chi connectivity index (χ1v) is 7.86. The number of pyridine rings is 1. The lowest BCUT2D eigenvalue weighted by Gasteiger charge is -2.31. The Morgan fingerprint density at radius 2 is 1.91 bits per heavy atom. The molecule has 0 bridgehead atoms. The molecule has 0 amide bonds. The number of rotatable bonds is 2. The van der Waals surface area contributed by atoms with Crippen LogP contribution in [0.5, 0.6) is 0 Å². The van der Waals surface area contributed by atoms with Gasteiger partial charge >= 0.3 is 0 Å². The second kappa shape index (κ2) is 5.44. The van der Waals surface area contributed by atoms with E-state index in [1.165, 1.54) is 12.8 Å². The molecule has 1 saturated heterocycles. The number of anilines is 1. The molecule has 1 aromatic carbocycles. The van der Waals surface area contributed by atoms with Crippen LogP contribution >= 0.6 is 0 Å². The molecule has 1 fully saturated rings. The van der Waals surface area contributed by atoms with Crippen LogP contribution in [0.2, 0.25) is 0 Å². The SMILES string of the molecule is CC1CCN(c2ccc(-c3nc4ccccc4o3)cn2)CC1. The standard InChI is InChI=1S/C18H19N3O/c1-13-8-10-21(11-9-13)17-7-6-14(12-19-17)18-20-15-4-2-3-5-16(15)22-18/h2-7,12-13H,8-11H2,1H3. The zero-order chi connectivity index (χ0) is 14.9. The van der Waals surface area contributed by atoms with Crippen LogP contribution in [-0.4, -0.2) is 23.1 Å². The van der Waals surface area contributed by atoms with Gasteiger partial charge in [-0.25, -0.2) is 9.97 Å². The van der Waals surface area contributed by atoms with Crippen LogP contribution in [0.3, 0.4) is 0 Å². The molecule has 0 atom stereocenters. The van der Waals surface area contributed by atoms with Crippen LogP contribution in [0.25, 0.3) is 22.6 Å². The van der Waals surface area contributed by atoms with Gasteiger partial charge < -0.3 is 9.32 Å². The van der Waals surface area contributed by atoms with Gasteiger partial charge in [0.2, 0.25) is 5.89 Å². The summed E-state index contributed by atoms with van der Waals surface area (Å²) in [6, 6.07) is 11.9. The molecule has 0 N–H and O–H groups in total. The molecular formula is C18H19N3O. The second-order valence-electron chi connectivity index (χ2n) is 6.06. The molecule has 3 aromatic rings. The number of hydrogen-bond acceptors (Lipinski definition) is 4. The summed E-state index contributed by atoms with van der Waals surface area (Å²) in [6.45, 7) is 4.51. The van der Waals surface area contributed by atoms with E-state index < -0.39 is 0 Å². The Kier molecular flexibility index (Phi) is 3.29. The van der Waals surface area contributed by atoms with Crippen LogP contribution in [0.15, 0.2) is 47.0 Å². The molecule has 0 spiro atoms. The molecule has 1 aliphatic rings. The number of benzene rings is 1. The zero-order valence-electron chi connectivity index (χ0n) is 12.7. The summed E-state index contributed by atoms with van der Waals surface area (Å²) >= 11 is 0. The highest BCUT2D eigenvalue weighted by molar-refractivity contribution is 5.75. The first-order valence-electron chi connectivity index (χ1n) is 7.86. The number of nitrogens with zero attached hydrogens (tertiary/aromatic N) is 3. The fourth-order valence-electron chi connectivity index (χ4n) is 2.93. The number of piperidine rings is 1. The Morgan fingerprint density at radius 3 is 2.64 bits per heavy atom. The van der Waals surface area contributed by atoms with Crippen molar-refractivity contribution in [2.24, 2.45) is 5.92 Å². The van der Waals surface area contributed by atoms with Gasteiger partial charge in [0.1, 0.15) is 11.3 Å². The van der Waals surface area contributed by atoms with Gasteiger partial charge in [-0.1, -0.05) is 19.1 Å². The smallest absolute Gasteiger partial charge is 0.228 e. The molecule has 4 nitrogen and oxygen atoms in total. The molecule has 4 rings (SSSR count). The Bertz CT molecular complexity index is 737. The number of para-hydroxylation sites is 2. The Morgan fingerprint density at radius 1 is 1.09 bits per heavy atom. The molecule has 2 aromatic heterocycles. The van der Waals surface area contributed by atoms with Gasteiger partial charge in [0, 0.05) is 19.3 Å². The van der Waals surface area contributed by atoms with Gasteiger partial charge in [-0.15, -0.1) is 0 Å². The minimum atomic E-state index is 0.632. The van der Waals surface area contributed by atoms with Crippen molar-refractivity contribution in [3.8, 4) is 11.5 Å². The molecule has 0 saturated carbocycles. The summed E-state index contributed by atoms with van der Waals surface area (Å²) in [6.07, 6.45) is 4.35. The van der Waals surface area contributed by atoms with Gasteiger partial charge in [-0.2, -0.15) is 0 Å². The van der Waals surface area contributed by atoms with E-state index in [-0.39, 0.29) is 0 Å². The number of aromatic nitrogens is 2. The average Bonchev–Trinajstić information content (AvgIpc) is 3.00. The van der Waals surface area contributed by atoms with Gasteiger partial charge in [-0.3, -0.25) is 0 Å². The number of fused-ring (bicyclic) bond motifs is 1. The molecule has 0 unspecified atom stereocenters. The number of oxazole rings is 1. The summed E-state index contributed by atoms with van der Waals surface area (Å²) in [5.41, 5.74) is 2.61. The summed E-state index contributed by atoms with van der Waals surface area (Å²) in [4.78, 5) is 11.5. The van der Waals surface area contributed by atoms with Crippen LogP contribution in [0.1, 0.15) is 19.8 Å². The van der Waals surface area contributed by atoms with Crippen molar-refractivity contribution in [3.63, 3.8) is 0 Å². The lowest BCUT2D eigenvalue weighted by molar-refractivity contribution is 0.436. The summed E-state index contributed by atoms with van der Waals surface area (Å²) in [5, 5.41) is 0. The molecule has 22 heavy (non-hydrogen) atoms. The predicted molar refractivity (Wildman–Crippen MR) is 87.9 cm³/mol. The van der Waals surface area contributed by atoms with Crippen LogP contribution < -0.4 is 4.90 Å². The van der Waals surface area contributed by atoms with Crippen molar-refractivity contribution in [2.45, 2.75) is 19.8 Å². The topological polar surface area (TPSA) is 42.2 Å². The minimum Gasteiger partial charge on any atom is -0.436 e. The Hall–Kier alpha value is -2.36. The van der Waals surface area contributed by atoms with E-state index in [1.807, 2.05) is 36.5 Å². The summed E-state index contributed by atoms with van der Waals surface area (Å²) in [5.74, 6) is 2.51. The lowest BCUT2D eigenvalue weighted by Crippen LogP contribution is -2.33. The fraction of sp³-hybridized carbons (Fsp3) is 0.333. The normalized spacial score (nSPS) is 16.3. The highest BCUT2D eigenvalue weighted by atomic mass is 16.3. The first-order chi connectivity index (χ1) is 10.8. The maximum atomic E-state index is 5.79. The Labute approximate surface area is 129 Å². The van der Waals surface area contributed by atoms with Gasteiger partial charge in [0.25, 0.3) is 0 Å². The van der Waals surface area contributed by atoms with Crippen molar-refractivity contribution in [2.75, 3.05) is 18.0 Å². The van der Waals surface area contributed by atoms with Gasteiger partial charge in [-0.05, 0) is 43.0 Å². The summed E-state index contributed by atoms with van der Waals surface area (Å²) < 4.78 is 5.79. The minimum absolute atomic E-state index is 0.632. The van der Waals surface area contributed by atoms with Crippen molar-refractivity contribution < 1.29 is 4.42 Å². The van der Waals surface area contributed by atoms with E-state index in [2.05, 4.69) is 27.9 Å². The van der Waals surface area contributed by atoms with Crippen molar-refractivity contribution in [1.82, 2.24) is 9.97 Å². The third-order valence-electron chi connectivity index (χ3n) is 4.40. The molecule has 112 valence electrons. The molecule has 4 heteroatoms. The third-order valence-corrected chi connectivity index (χ3v) is 4.40. The maximum absolute atomic E-state index is 5.79. The highest BCUT2D eigenvalue weighted by Gasteiger charge is 2.17. The Balaban J connectivity index is 1.58. The molecule has 0 aliphatic carbocycles. The van der Waals surface area contributed by atoms with Crippen LogP contribution in [0, 0.1) is 5.92 Å². The average molecular weight is 293 g/mol. The van der Waals surface area contributed by atoms with E-state index in [1.54, 1.807) is 0 Å². The molecule has 3 heterocycles. The first kappa shape index (κ1) is 13.3. The predicted octanol–water partition coefficient (Wildman–Crippen LogP) is 4.13. The van der Waals surface area contributed by atoms with E-state index in [4.69, 9.17) is 4.42 Å². The third kappa shape index (κ3) is 2.45. The molecule has 0 radical (unpaired) electrons. The molecule has 1 aliphatic heterocycles. The van der Waals surface area contributed by atoms with Crippen LogP contribution in [0.4, 0.5) is 5.82 Å². The lowest BCUT2D eigenvalue weighted by atomic mass is 9.99. The highest BCUT2D eigenvalue weighted by Crippen LogP contribution is 2.26. The van der Waals surface area contributed by atoms with Crippen molar-refractivity contribution in [3.05, 3.63) is 42.6 Å². The quantitative estimate of drug-likeness (QED) is 0.712. The van der Waals surface area contributed by atoms with Gasteiger partial charge in [0.05, 0.1) is 5.56 Å². The largest absolute Gasteiger partial charge is 0.436 e. The fourth-order valence-corrected chi connectivity index (χ4v) is 2.93. The zero-order valence-corrected chi connectivity index (χ0v) is 12.7. The van der Waals surface area contributed by atoms with Crippen molar-refractivity contribution in [1.29, 1.82) is 0 Å². The van der Waals surface area contributed by atoms with Gasteiger partial charge in [0.15, 0.2) is 5.58 Å². The maximum Gasteiger partial charge on any atom is 0.228 e. The van der Waals surface area contributed by atoms with Crippen molar-refractivity contribution >= 4 is 16.9 Å². The number of hydrogen-bond donors (Lipinski definition) is 0. The summed E-state index contributed by atoms with van der Waals surface area (Å²) in [7, 11) is 0. The second-order valence-corrected chi connectivity index (χ2v) is 6.06. The monoisotopic (exact) mass is 293 g/mol. The van der Waals surface area contributed by atoms with E-state index >= 15 is 0 Å². The van der Waals surface area contributed by atoms with E-state index in [9.17, 15) is 0 Å². The molecular weight excluding hydrogens is 274 g/mol.